The van der Waals surface area contributed by atoms with E-state index >= 15 is 0 Å². The van der Waals surface area contributed by atoms with Crippen LogP contribution in [0.3, 0.4) is 0 Å². The maximum atomic E-state index is 12.6. The van der Waals surface area contributed by atoms with E-state index in [0.29, 0.717) is 0 Å². The number of aliphatic hydroxyl groups is 1. The van der Waals surface area contributed by atoms with Crippen molar-refractivity contribution in [2.24, 2.45) is 11.8 Å². The molecular formula is C17H33O7P. The standard InChI is InChI=1S/C17H33O7P/c1-21-16(19)17(25(20,22-2)23-3)24-13-15-11-9-7-5-4-6-8-10-14(15)12-18/h14-15,17-18H,4-13H2,1-3H3. The summed E-state index contributed by atoms with van der Waals surface area (Å²) in [6.07, 6.45) is 8.78. The lowest BCUT2D eigenvalue weighted by molar-refractivity contribution is -0.150. The third-order valence-electron chi connectivity index (χ3n) is 4.97. The van der Waals surface area contributed by atoms with Crippen LogP contribution in [0.15, 0.2) is 0 Å². The summed E-state index contributed by atoms with van der Waals surface area (Å²) in [5.74, 6) is -1.99. The Morgan fingerprint density at radius 2 is 1.52 bits per heavy atom. The van der Waals surface area contributed by atoms with Crippen LogP contribution in [0.25, 0.3) is 0 Å². The predicted molar refractivity (Wildman–Crippen MR) is 94.4 cm³/mol. The topological polar surface area (TPSA) is 91.3 Å². The van der Waals surface area contributed by atoms with Gasteiger partial charge in [0.05, 0.1) is 13.7 Å². The van der Waals surface area contributed by atoms with Gasteiger partial charge in [-0.3, -0.25) is 4.57 Å². The number of hydrogen-bond acceptors (Lipinski definition) is 7. The van der Waals surface area contributed by atoms with E-state index in [9.17, 15) is 14.5 Å². The van der Waals surface area contributed by atoms with Crippen molar-refractivity contribution in [2.75, 3.05) is 34.5 Å². The molecule has 148 valence electrons. The Hall–Kier alpha value is -0.460. The summed E-state index contributed by atoms with van der Waals surface area (Å²) in [5, 5.41) is 9.76. The van der Waals surface area contributed by atoms with Crippen molar-refractivity contribution in [3.63, 3.8) is 0 Å². The SMILES string of the molecule is COC(=O)C(OCC1CCCCCCCCC1CO)P(=O)(OC)OC. The number of carbonyl (C=O) groups is 1. The normalized spacial score (nSPS) is 24.5. The highest BCUT2D eigenvalue weighted by atomic mass is 31.2. The molecule has 0 bridgehead atoms. The van der Waals surface area contributed by atoms with E-state index < -0.39 is 19.4 Å². The first-order chi connectivity index (χ1) is 12.0. The van der Waals surface area contributed by atoms with Gasteiger partial charge in [-0.05, 0) is 24.7 Å². The molecule has 1 aliphatic rings. The molecule has 1 fully saturated rings. The molecule has 3 unspecified atom stereocenters. The minimum absolute atomic E-state index is 0.0864. The summed E-state index contributed by atoms with van der Waals surface area (Å²) in [4.78, 5) is 12.0. The van der Waals surface area contributed by atoms with Crippen LogP contribution in [0, 0.1) is 11.8 Å². The molecule has 0 amide bonds. The van der Waals surface area contributed by atoms with E-state index in [1.807, 2.05) is 0 Å². The van der Waals surface area contributed by atoms with Crippen LogP contribution in [0.4, 0.5) is 0 Å². The molecule has 1 aliphatic carbocycles. The van der Waals surface area contributed by atoms with Crippen LogP contribution in [0.1, 0.15) is 51.4 Å². The number of aliphatic hydroxyl groups excluding tert-OH is 1. The van der Waals surface area contributed by atoms with E-state index in [0.717, 1.165) is 32.1 Å². The minimum Gasteiger partial charge on any atom is -0.467 e. The molecule has 1 N–H and O–H groups in total. The third kappa shape index (κ3) is 6.99. The summed E-state index contributed by atoms with van der Waals surface area (Å²) in [6.45, 7) is 0.296. The minimum atomic E-state index is -3.75. The average molecular weight is 380 g/mol. The second-order valence-electron chi connectivity index (χ2n) is 6.52. The fourth-order valence-corrected chi connectivity index (χ4v) is 4.49. The van der Waals surface area contributed by atoms with Gasteiger partial charge < -0.3 is 23.6 Å². The molecule has 7 nitrogen and oxygen atoms in total. The van der Waals surface area contributed by atoms with Crippen LogP contribution in [-0.2, 0) is 27.9 Å². The number of carbonyl (C=O) groups excluding carboxylic acids is 1. The van der Waals surface area contributed by atoms with Crippen molar-refractivity contribution >= 4 is 13.6 Å². The Labute approximate surface area is 150 Å². The number of methoxy groups -OCH3 is 1. The van der Waals surface area contributed by atoms with Gasteiger partial charge in [0.15, 0.2) is 0 Å². The lowest BCUT2D eigenvalue weighted by atomic mass is 9.84. The number of ether oxygens (including phenoxy) is 2. The van der Waals surface area contributed by atoms with Gasteiger partial charge in [0.2, 0.25) is 0 Å². The van der Waals surface area contributed by atoms with Gasteiger partial charge in [-0.1, -0.05) is 38.5 Å². The van der Waals surface area contributed by atoms with Crippen molar-refractivity contribution in [2.45, 2.75) is 57.2 Å². The third-order valence-corrected chi connectivity index (χ3v) is 6.92. The van der Waals surface area contributed by atoms with Gasteiger partial charge in [0, 0.05) is 20.8 Å². The monoisotopic (exact) mass is 380 g/mol. The zero-order chi connectivity index (χ0) is 18.7. The first-order valence-electron chi connectivity index (χ1n) is 9.03. The Kier molecular flexibility index (Phi) is 10.9. The second kappa shape index (κ2) is 12.0. The van der Waals surface area contributed by atoms with Gasteiger partial charge >= 0.3 is 13.6 Å². The van der Waals surface area contributed by atoms with E-state index in [-0.39, 0.29) is 25.0 Å². The van der Waals surface area contributed by atoms with Gasteiger partial charge in [-0.2, -0.15) is 0 Å². The fraction of sp³-hybridized carbons (Fsp3) is 0.941. The molecular weight excluding hydrogens is 347 g/mol. The highest BCUT2D eigenvalue weighted by Gasteiger charge is 2.42. The van der Waals surface area contributed by atoms with E-state index in [1.165, 1.54) is 40.6 Å². The molecule has 0 heterocycles. The highest BCUT2D eigenvalue weighted by Crippen LogP contribution is 2.52. The molecule has 0 spiro atoms. The second-order valence-corrected chi connectivity index (χ2v) is 8.79. The molecule has 0 aromatic heterocycles. The van der Waals surface area contributed by atoms with E-state index in [1.54, 1.807) is 0 Å². The lowest BCUT2D eigenvalue weighted by Crippen LogP contribution is -2.32. The maximum Gasteiger partial charge on any atom is 0.370 e. The van der Waals surface area contributed by atoms with Crippen molar-refractivity contribution in [1.82, 2.24) is 0 Å². The molecule has 25 heavy (non-hydrogen) atoms. The zero-order valence-electron chi connectivity index (χ0n) is 15.6. The Morgan fingerprint density at radius 3 is 2.00 bits per heavy atom. The number of hydrogen-bond donors (Lipinski definition) is 1. The molecule has 3 atom stereocenters. The molecule has 0 radical (unpaired) electrons. The smallest absolute Gasteiger partial charge is 0.370 e. The Morgan fingerprint density at radius 1 is 1.00 bits per heavy atom. The molecule has 0 aromatic carbocycles. The molecule has 0 aromatic rings. The average Bonchev–Trinajstić information content (AvgIpc) is 2.65. The van der Waals surface area contributed by atoms with Crippen molar-refractivity contribution in [1.29, 1.82) is 0 Å². The van der Waals surface area contributed by atoms with Crippen LogP contribution in [0.2, 0.25) is 0 Å². The molecule has 0 saturated heterocycles. The zero-order valence-corrected chi connectivity index (χ0v) is 16.5. The van der Waals surface area contributed by atoms with Gasteiger partial charge in [-0.15, -0.1) is 0 Å². The molecule has 8 heteroatoms. The summed E-state index contributed by atoms with van der Waals surface area (Å²) in [5.41, 5.74) is 0. The van der Waals surface area contributed by atoms with Crippen LogP contribution >= 0.6 is 7.60 Å². The maximum absolute atomic E-state index is 12.6. The molecule has 1 saturated carbocycles. The largest absolute Gasteiger partial charge is 0.467 e. The van der Waals surface area contributed by atoms with Crippen LogP contribution in [0.5, 0.6) is 0 Å². The molecule has 0 aliphatic heterocycles. The number of rotatable bonds is 8. The highest BCUT2D eigenvalue weighted by molar-refractivity contribution is 7.55. The quantitative estimate of drug-likeness (QED) is 0.510. The van der Waals surface area contributed by atoms with Crippen molar-refractivity contribution < 1.29 is 33.0 Å². The lowest BCUT2D eigenvalue weighted by Gasteiger charge is -2.29. The Balaban J connectivity index is 2.81. The molecule has 1 rings (SSSR count). The summed E-state index contributed by atoms with van der Waals surface area (Å²) in [7, 11) is -0.127. The Bertz CT molecular complexity index is 421. The summed E-state index contributed by atoms with van der Waals surface area (Å²) in [6, 6.07) is 0. The van der Waals surface area contributed by atoms with Gasteiger partial charge in [0.1, 0.15) is 0 Å². The first kappa shape index (κ1) is 22.6. The van der Waals surface area contributed by atoms with E-state index in [2.05, 4.69) is 0 Å². The van der Waals surface area contributed by atoms with Crippen molar-refractivity contribution in [3.8, 4) is 0 Å². The number of esters is 1. The fourth-order valence-electron chi connectivity index (χ4n) is 3.32. The summed E-state index contributed by atoms with van der Waals surface area (Å²) >= 11 is 0. The van der Waals surface area contributed by atoms with Crippen LogP contribution < -0.4 is 0 Å². The summed E-state index contributed by atoms with van der Waals surface area (Å²) < 4.78 is 32.8. The van der Waals surface area contributed by atoms with Crippen LogP contribution in [-0.4, -0.2) is 51.5 Å². The van der Waals surface area contributed by atoms with E-state index in [4.69, 9.17) is 18.5 Å². The van der Waals surface area contributed by atoms with Crippen molar-refractivity contribution in [3.05, 3.63) is 0 Å². The van der Waals surface area contributed by atoms with Gasteiger partial charge in [-0.25, -0.2) is 4.79 Å². The first-order valence-corrected chi connectivity index (χ1v) is 10.6. The predicted octanol–water partition coefficient (Wildman–Crippen LogP) is 3.35. The van der Waals surface area contributed by atoms with Gasteiger partial charge in [0.25, 0.3) is 5.85 Å².